The van der Waals surface area contributed by atoms with Crippen molar-refractivity contribution in [1.29, 1.82) is 0 Å². The summed E-state index contributed by atoms with van der Waals surface area (Å²) in [4.78, 5) is 11.2. The van der Waals surface area contributed by atoms with Crippen molar-refractivity contribution in [2.45, 2.75) is 25.3 Å². The lowest BCUT2D eigenvalue weighted by molar-refractivity contribution is -0.124. The van der Waals surface area contributed by atoms with Gasteiger partial charge < -0.3 is 11.1 Å². The van der Waals surface area contributed by atoms with Crippen LogP contribution in [0.3, 0.4) is 0 Å². The molecule has 1 aliphatic heterocycles. The number of amides is 1. The van der Waals surface area contributed by atoms with Crippen molar-refractivity contribution in [3.8, 4) is 0 Å². The largest absolute Gasteiger partial charge is 0.328 e. The van der Waals surface area contributed by atoms with Crippen LogP contribution in [0.25, 0.3) is 0 Å². The molecule has 2 atom stereocenters. The lowest BCUT2D eigenvalue weighted by atomic mass is 10.1. The Kier molecular flexibility index (Phi) is 4.08. The maximum atomic E-state index is 11.2. The molecular weight excluding hydrogens is 216 g/mol. The average Bonchev–Trinajstić information content (AvgIpc) is 2.29. The number of benzene rings is 1. The molecule has 2 unspecified atom stereocenters. The summed E-state index contributed by atoms with van der Waals surface area (Å²) >= 11 is 0. The monoisotopic (exact) mass is 234 g/mol. The van der Waals surface area contributed by atoms with Crippen LogP contribution in [-0.4, -0.2) is 24.9 Å². The van der Waals surface area contributed by atoms with Crippen molar-refractivity contribution in [3.05, 3.63) is 35.9 Å². The fraction of sp³-hybridized carbons (Fsp3) is 0.417. The van der Waals surface area contributed by atoms with Crippen molar-refractivity contribution in [2.24, 2.45) is 5.73 Å². The second-order valence-corrected chi connectivity index (χ2v) is 4.17. The van der Waals surface area contributed by atoms with Gasteiger partial charge in [-0.15, -0.1) is 0 Å². The molecule has 0 radical (unpaired) electrons. The molecule has 0 aliphatic carbocycles. The van der Waals surface area contributed by atoms with Crippen molar-refractivity contribution in [1.82, 2.24) is 16.0 Å². The molecule has 0 saturated carbocycles. The molecule has 92 valence electrons. The lowest BCUT2D eigenvalue weighted by Crippen LogP contribution is -2.65. The van der Waals surface area contributed by atoms with Gasteiger partial charge in [-0.3, -0.25) is 15.4 Å². The first-order valence-electron chi connectivity index (χ1n) is 5.82. The Bertz CT molecular complexity index is 368. The molecule has 5 heteroatoms. The third kappa shape index (κ3) is 3.81. The SMILES string of the molecule is NC1CC(=O)NC(NCCc2ccccc2)N1. The zero-order chi connectivity index (χ0) is 12.1. The Hall–Kier alpha value is -1.43. The first kappa shape index (κ1) is 12.0. The van der Waals surface area contributed by atoms with Gasteiger partial charge in [0, 0.05) is 6.54 Å². The van der Waals surface area contributed by atoms with Crippen LogP contribution in [0, 0.1) is 0 Å². The van der Waals surface area contributed by atoms with E-state index in [9.17, 15) is 4.79 Å². The summed E-state index contributed by atoms with van der Waals surface area (Å²) in [5.74, 6) is -0.0199. The number of nitrogens with one attached hydrogen (secondary N) is 3. The van der Waals surface area contributed by atoms with Crippen molar-refractivity contribution >= 4 is 5.91 Å². The molecule has 1 amide bonds. The standard InChI is InChI=1S/C12H18N4O/c13-10-8-11(17)16-12(15-10)14-7-6-9-4-2-1-3-5-9/h1-5,10,12,14-15H,6-8,13H2,(H,16,17). The summed E-state index contributed by atoms with van der Waals surface area (Å²) in [6, 6.07) is 10.2. The van der Waals surface area contributed by atoms with Crippen LogP contribution in [0.5, 0.6) is 0 Å². The predicted octanol–water partition coefficient (Wildman–Crippen LogP) is -0.503. The summed E-state index contributed by atoms with van der Waals surface area (Å²) in [6.07, 6.45) is 0.758. The molecule has 0 bridgehead atoms. The third-order valence-corrected chi connectivity index (χ3v) is 2.70. The first-order chi connectivity index (χ1) is 8.24. The number of carbonyl (C=O) groups excluding carboxylic acids is 1. The van der Waals surface area contributed by atoms with E-state index in [0.29, 0.717) is 6.42 Å². The Balaban J connectivity index is 1.73. The normalized spacial score (nSPS) is 24.4. The molecule has 0 aromatic heterocycles. The van der Waals surface area contributed by atoms with E-state index in [1.807, 2.05) is 18.2 Å². The highest BCUT2D eigenvalue weighted by atomic mass is 16.2. The van der Waals surface area contributed by atoms with Gasteiger partial charge in [0.05, 0.1) is 12.6 Å². The van der Waals surface area contributed by atoms with Gasteiger partial charge in [0.25, 0.3) is 0 Å². The minimum absolute atomic E-state index is 0.0199. The van der Waals surface area contributed by atoms with E-state index < -0.39 is 0 Å². The summed E-state index contributed by atoms with van der Waals surface area (Å²) in [5, 5.41) is 9.07. The van der Waals surface area contributed by atoms with E-state index in [0.717, 1.165) is 13.0 Å². The van der Waals surface area contributed by atoms with Crippen LogP contribution < -0.4 is 21.7 Å². The number of carbonyl (C=O) groups is 1. The molecule has 1 aliphatic rings. The van der Waals surface area contributed by atoms with Gasteiger partial charge in [0.15, 0.2) is 0 Å². The number of rotatable bonds is 4. The van der Waals surface area contributed by atoms with Gasteiger partial charge in [-0.1, -0.05) is 30.3 Å². The van der Waals surface area contributed by atoms with Gasteiger partial charge in [-0.25, -0.2) is 0 Å². The summed E-state index contributed by atoms with van der Waals surface area (Å²) in [7, 11) is 0. The first-order valence-corrected chi connectivity index (χ1v) is 5.82. The smallest absolute Gasteiger partial charge is 0.225 e. The number of hydrogen-bond donors (Lipinski definition) is 4. The highest BCUT2D eigenvalue weighted by Crippen LogP contribution is 1.99. The van der Waals surface area contributed by atoms with Crippen LogP contribution in [-0.2, 0) is 11.2 Å². The molecule has 1 aromatic carbocycles. The lowest BCUT2D eigenvalue weighted by Gasteiger charge is -2.29. The summed E-state index contributed by atoms with van der Waals surface area (Å²) in [6.45, 7) is 0.786. The average molecular weight is 234 g/mol. The van der Waals surface area contributed by atoms with Crippen LogP contribution in [0.4, 0.5) is 0 Å². The van der Waals surface area contributed by atoms with E-state index in [-0.39, 0.29) is 18.4 Å². The van der Waals surface area contributed by atoms with Crippen molar-refractivity contribution in [2.75, 3.05) is 6.54 Å². The van der Waals surface area contributed by atoms with Crippen molar-refractivity contribution in [3.63, 3.8) is 0 Å². The van der Waals surface area contributed by atoms with Gasteiger partial charge in [-0.2, -0.15) is 0 Å². The molecule has 5 nitrogen and oxygen atoms in total. The van der Waals surface area contributed by atoms with E-state index in [1.54, 1.807) is 0 Å². The topological polar surface area (TPSA) is 79.2 Å². The fourth-order valence-corrected chi connectivity index (χ4v) is 1.85. The van der Waals surface area contributed by atoms with E-state index in [4.69, 9.17) is 5.73 Å². The molecule has 2 rings (SSSR count). The molecule has 1 heterocycles. The fourth-order valence-electron chi connectivity index (χ4n) is 1.85. The predicted molar refractivity (Wildman–Crippen MR) is 65.8 cm³/mol. The quantitative estimate of drug-likeness (QED) is 0.566. The Labute approximate surface area is 101 Å². The minimum atomic E-state index is -0.266. The molecule has 17 heavy (non-hydrogen) atoms. The highest BCUT2D eigenvalue weighted by molar-refractivity contribution is 5.77. The van der Waals surface area contributed by atoms with Gasteiger partial charge in [0.2, 0.25) is 5.91 Å². The maximum Gasteiger partial charge on any atom is 0.225 e. The Morgan fingerprint density at radius 1 is 1.35 bits per heavy atom. The zero-order valence-corrected chi connectivity index (χ0v) is 9.65. The second kappa shape index (κ2) is 5.77. The zero-order valence-electron chi connectivity index (χ0n) is 9.65. The summed E-state index contributed by atoms with van der Waals surface area (Å²) in [5.41, 5.74) is 6.96. The second-order valence-electron chi connectivity index (χ2n) is 4.17. The van der Waals surface area contributed by atoms with Gasteiger partial charge >= 0.3 is 0 Å². The Morgan fingerprint density at radius 3 is 2.82 bits per heavy atom. The summed E-state index contributed by atoms with van der Waals surface area (Å²) < 4.78 is 0. The van der Waals surface area contributed by atoms with Gasteiger partial charge in [0.1, 0.15) is 6.29 Å². The maximum absolute atomic E-state index is 11.2. The van der Waals surface area contributed by atoms with Crippen LogP contribution in [0.2, 0.25) is 0 Å². The van der Waals surface area contributed by atoms with Crippen LogP contribution >= 0.6 is 0 Å². The number of hydrogen-bond acceptors (Lipinski definition) is 4. The van der Waals surface area contributed by atoms with Crippen molar-refractivity contribution < 1.29 is 4.79 Å². The van der Waals surface area contributed by atoms with Crippen LogP contribution in [0.15, 0.2) is 30.3 Å². The molecule has 5 N–H and O–H groups in total. The highest BCUT2D eigenvalue weighted by Gasteiger charge is 2.21. The molecule has 1 saturated heterocycles. The van der Waals surface area contributed by atoms with E-state index >= 15 is 0 Å². The Morgan fingerprint density at radius 2 is 2.12 bits per heavy atom. The molecule has 1 fully saturated rings. The van der Waals surface area contributed by atoms with Gasteiger partial charge in [-0.05, 0) is 12.0 Å². The molecule has 1 aromatic rings. The van der Waals surface area contributed by atoms with E-state index in [1.165, 1.54) is 5.56 Å². The molecular formula is C12H18N4O. The molecule has 0 spiro atoms. The van der Waals surface area contributed by atoms with Crippen LogP contribution in [0.1, 0.15) is 12.0 Å². The minimum Gasteiger partial charge on any atom is -0.328 e. The number of nitrogens with two attached hydrogens (primary N) is 1. The van der Waals surface area contributed by atoms with E-state index in [2.05, 4.69) is 28.1 Å². The third-order valence-electron chi connectivity index (χ3n) is 2.70.